The second-order valence-corrected chi connectivity index (χ2v) is 7.60. The van der Waals surface area contributed by atoms with Gasteiger partial charge in [-0.15, -0.1) is 0 Å². The lowest BCUT2D eigenvalue weighted by Crippen LogP contribution is -2.42. The summed E-state index contributed by atoms with van der Waals surface area (Å²) in [4.78, 5) is 23.9. The van der Waals surface area contributed by atoms with Crippen molar-refractivity contribution in [3.05, 3.63) is 23.0 Å². The van der Waals surface area contributed by atoms with Gasteiger partial charge in [-0.3, -0.25) is 9.89 Å². The van der Waals surface area contributed by atoms with Crippen molar-refractivity contribution in [2.45, 2.75) is 57.9 Å². The second-order valence-electron chi connectivity index (χ2n) is 7.60. The lowest BCUT2D eigenvalue weighted by molar-refractivity contribution is -0.121. The summed E-state index contributed by atoms with van der Waals surface area (Å²) in [6.07, 6.45) is 4.81. The molecule has 1 fully saturated rings. The minimum Gasteiger partial charge on any atom is -0.357 e. The number of aryl methyl sites for hydroxylation is 1. The Hall–Kier alpha value is -2.64. The molecular weight excluding hydrogens is 342 g/mol. The topological polar surface area (TPSA) is 98.8 Å². The van der Waals surface area contributed by atoms with Crippen LogP contribution in [0.15, 0.2) is 6.07 Å². The third-order valence-corrected chi connectivity index (χ3v) is 5.45. The number of carbonyl (C=O) groups is 1. The third kappa shape index (κ3) is 3.36. The van der Waals surface area contributed by atoms with Gasteiger partial charge < -0.3 is 15.5 Å². The molecule has 1 unspecified atom stereocenters. The van der Waals surface area contributed by atoms with Gasteiger partial charge in [0.2, 0.25) is 11.9 Å². The van der Waals surface area contributed by atoms with Crippen LogP contribution < -0.4 is 15.5 Å². The fraction of sp³-hybridized carbons (Fsp3) is 0.579. The molecule has 4 rings (SSSR count). The van der Waals surface area contributed by atoms with Crippen molar-refractivity contribution < 1.29 is 4.79 Å². The fourth-order valence-electron chi connectivity index (χ4n) is 3.91. The number of aromatic nitrogens is 4. The molecule has 0 spiro atoms. The van der Waals surface area contributed by atoms with E-state index in [0.29, 0.717) is 11.9 Å². The number of hydrogen-bond acceptors (Lipinski definition) is 6. The molecule has 2 aliphatic rings. The van der Waals surface area contributed by atoms with Crippen molar-refractivity contribution in [2.75, 3.05) is 23.8 Å². The first-order valence-corrected chi connectivity index (χ1v) is 9.77. The van der Waals surface area contributed by atoms with Gasteiger partial charge in [0, 0.05) is 30.9 Å². The number of anilines is 3. The summed E-state index contributed by atoms with van der Waals surface area (Å²) in [5.74, 6) is 2.64. The average Bonchev–Trinajstić information content (AvgIpc) is 3.40. The highest BCUT2D eigenvalue weighted by Crippen LogP contribution is 2.32. The van der Waals surface area contributed by atoms with Crippen molar-refractivity contribution in [1.29, 1.82) is 0 Å². The van der Waals surface area contributed by atoms with Crippen LogP contribution in [0.4, 0.5) is 17.6 Å². The van der Waals surface area contributed by atoms with Gasteiger partial charge in [0.25, 0.3) is 0 Å². The Balaban J connectivity index is 1.66. The van der Waals surface area contributed by atoms with Gasteiger partial charge in [0.1, 0.15) is 11.9 Å². The molecule has 0 saturated carbocycles. The molecule has 2 aromatic rings. The molecule has 8 nitrogen and oxygen atoms in total. The van der Waals surface area contributed by atoms with E-state index in [4.69, 9.17) is 9.97 Å². The molecule has 144 valence electrons. The van der Waals surface area contributed by atoms with Gasteiger partial charge in [-0.2, -0.15) is 10.1 Å². The molecule has 3 N–H and O–H groups in total. The number of nitrogens with one attached hydrogen (secondary N) is 3. The minimum atomic E-state index is -0.194. The molecule has 0 radical (unpaired) electrons. The van der Waals surface area contributed by atoms with Crippen LogP contribution in [0.1, 0.15) is 56.0 Å². The van der Waals surface area contributed by atoms with E-state index in [9.17, 15) is 4.79 Å². The third-order valence-electron chi connectivity index (χ3n) is 5.45. The summed E-state index contributed by atoms with van der Waals surface area (Å²) < 4.78 is 0. The molecule has 1 aliphatic heterocycles. The normalized spacial score (nSPS) is 18.8. The molecule has 1 amide bonds. The lowest BCUT2D eigenvalue weighted by atomic mass is 10.1. The zero-order chi connectivity index (χ0) is 19.0. The summed E-state index contributed by atoms with van der Waals surface area (Å²) in [5, 5.41) is 13.6. The zero-order valence-corrected chi connectivity index (χ0v) is 16.2. The number of H-pyrrole nitrogens is 1. The number of amides is 1. The molecule has 1 saturated heterocycles. The number of likely N-dealkylation sites (N-methyl/N-ethyl adjacent to an activating group) is 1. The summed E-state index contributed by atoms with van der Waals surface area (Å²) >= 11 is 0. The van der Waals surface area contributed by atoms with Crippen molar-refractivity contribution >= 4 is 23.5 Å². The molecular formula is C19H27N7O. The number of aromatic amines is 1. The summed E-state index contributed by atoms with van der Waals surface area (Å²) in [6.45, 7) is 5.06. The first-order chi connectivity index (χ1) is 13.1. The molecule has 3 heterocycles. The summed E-state index contributed by atoms with van der Waals surface area (Å²) in [5.41, 5.74) is 3.34. The van der Waals surface area contributed by atoms with Crippen molar-refractivity contribution in [1.82, 2.24) is 25.5 Å². The highest BCUT2D eigenvalue weighted by atomic mass is 16.2. The SMILES string of the molecule is CNC(=O)C1CCCN1c1nc2c(c(Nc3cc(C(C)C)[nH]n3)n1)CCC2. The second kappa shape index (κ2) is 7.17. The van der Waals surface area contributed by atoms with Gasteiger partial charge in [0.05, 0.1) is 5.69 Å². The monoisotopic (exact) mass is 369 g/mol. The van der Waals surface area contributed by atoms with Crippen molar-refractivity contribution in [2.24, 2.45) is 0 Å². The first kappa shape index (κ1) is 17.8. The predicted molar refractivity (Wildman–Crippen MR) is 104 cm³/mol. The van der Waals surface area contributed by atoms with Crippen LogP contribution in [-0.4, -0.2) is 45.7 Å². The van der Waals surface area contributed by atoms with Gasteiger partial charge in [-0.1, -0.05) is 13.8 Å². The number of carbonyl (C=O) groups excluding carboxylic acids is 1. The largest absolute Gasteiger partial charge is 0.357 e. The standard InChI is InChI=1S/C19H27N7O/c1-11(2)14-10-16(25-24-14)22-17-12-6-4-7-13(12)21-19(23-17)26-9-5-8-15(26)18(27)20-3/h10-11,15H,4-9H2,1-3H3,(H,20,27)(H2,21,22,23,24,25). The van der Waals surface area contributed by atoms with Crippen LogP contribution in [-0.2, 0) is 17.6 Å². The van der Waals surface area contributed by atoms with Crippen LogP contribution in [0.2, 0.25) is 0 Å². The van der Waals surface area contributed by atoms with E-state index in [-0.39, 0.29) is 11.9 Å². The van der Waals surface area contributed by atoms with E-state index in [1.54, 1.807) is 7.05 Å². The highest BCUT2D eigenvalue weighted by molar-refractivity contribution is 5.85. The first-order valence-electron chi connectivity index (χ1n) is 9.77. The summed E-state index contributed by atoms with van der Waals surface area (Å²) in [6, 6.07) is 1.83. The van der Waals surface area contributed by atoms with Crippen molar-refractivity contribution in [3.8, 4) is 0 Å². The molecule has 1 aliphatic carbocycles. The fourth-order valence-corrected chi connectivity index (χ4v) is 3.91. The Morgan fingerprint density at radius 3 is 2.89 bits per heavy atom. The predicted octanol–water partition coefficient (Wildman–Crippen LogP) is 2.27. The maximum Gasteiger partial charge on any atom is 0.242 e. The Kier molecular flexibility index (Phi) is 4.72. The van der Waals surface area contributed by atoms with Gasteiger partial charge >= 0.3 is 0 Å². The van der Waals surface area contributed by atoms with Crippen LogP contribution in [0.25, 0.3) is 0 Å². The number of nitrogens with zero attached hydrogens (tertiary/aromatic N) is 4. The van der Waals surface area contributed by atoms with Crippen LogP contribution in [0, 0.1) is 0 Å². The van der Waals surface area contributed by atoms with Crippen LogP contribution in [0.5, 0.6) is 0 Å². The van der Waals surface area contributed by atoms with Gasteiger partial charge in [-0.05, 0) is 38.0 Å². The lowest BCUT2D eigenvalue weighted by Gasteiger charge is -2.24. The van der Waals surface area contributed by atoms with Crippen molar-refractivity contribution in [3.63, 3.8) is 0 Å². The molecule has 27 heavy (non-hydrogen) atoms. The van der Waals surface area contributed by atoms with E-state index >= 15 is 0 Å². The van der Waals surface area contributed by atoms with E-state index in [1.165, 1.54) is 5.56 Å². The number of rotatable bonds is 5. The number of fused-ring (bicyclic) bond motifs is 1. The number of hydrogen-bond donors (Lipinski definition) is 3. The van der Waals surface area contributed by atoms with Crippen LogP contribution >= 0.6 is 0 Å². The molecule has 8 heteroatoms. The Morgan fingerprint density at radius 1 is 1.30 bits per heavy atom. The molecule has 0 bridgehead atoms. The smallest absolute Gasteiger partial charge is 0.242 e. The Morgan fingerprint density at radius 2 is 2.15 bits per heavy atom. The zero-order valence-electron chi connectivity index (χ0n) is 16.2. The van der Waals surface area contributed by atoms with E-state index in [2.05, 4.69) is 34.7 Å². The average molecular weight is 369 g/mol. The van der Waals surface area contributed by atoms with E-state index in [1.807, 2.05) is 11.0 Å². The van der Waals surface area contributed by atoms with E-state index < -0.39 is 0 Å². The van der Waals surface area contributed by atoms with Gasteiger partial charge in [0.15, 0.2) is 5.82 Å². The van der Waals surface area contributed by atoms with E-state index in [0.717, 1.165) is 61.7 Å². The van der Waals surface area contributed by atoms with Gasteiger partial charge in [-0.25, -0.2) is 4.98 Å². The quantitative estimate of drug-likeness (QED) is 0.748. The molecule has 0 aromatic carbocycles. The van der Waals surface area contributed by atoms with Crippen LogP contribution in [0.3, 0.4) is 0 Å². The maximum atomic E-state index is 12.2. The molecule has 1 atom stereocenters. The molecule has 2 aromatic heterocycles. The maximum absolute atomic E-state index is 12.2. The minimum absolute atomic E-state index is 0.0278. The Labute approximate surface area is 159 Å². The highest BCUT2D eigenvalue weighted by Gasteiger charge is 2.33. The summed E-state index contributed by atoms with van der Waals surface area (Å²) in [7, 11) is 1.68. The Bertz CT molecular complexity index is 845.